The van der Waals surface area contributed by atoms with Crippen molar-refractivity contribution in [1.29, 1.82) is 0 Å². The van der Waals surface area contributed by atoms with Gasteiger partial charge in [-0.25, -0.2) is 0 Å². The average Bonchev–Trinajstić information content (AvgIpc) is 3.23. The molecule has 0 saturated heterocycles. The van der Waals surface area contributed by atoms with Crippen LogP contribution in [0.2, 0.25) is 0 Å². The third kappa shape index (κ3) is 32.7. The molecule has 58 heavy (non-hydrogen) atoms. The van der Waals surface area contributed by atoms with E-state index >= 15 is 0 Å². The summed E-state index contributed by atoms with van der Waals surface area (Å²) in [4.78, 5) is 28.0. The minimum Gasteiger partial charge on any atom is -0.497 e. The molecule has 0 aliphatic carbocycles. The summed E-state index contributed by atoms with van der Waals surface area (Å²) in [6.07, 6.45) is 39.5. The second kappa shape index (κ2) is 40.3. The second-order valence-electron chi connectivity index (χ2n) is 17.5. The lowest BCUT2D eigenvalue weighted by Crippen LogP contribution is -2.25. The quantitative estimate of drug-likeness (QED) is 0.0483. The topological polar surface area (TPSA) is 65.1 Å². The number of methoxy groups -OCH3 is 1. The molecule has 1 aromatic carbocycles. The van der Waals surface area contributed by atoms with Gasteiger partial charge in [-0.15, -0.1) is 0 Å². The summed E-state index contributed by atoms with van der Waals surface area (Å²) in [6, 6.07) is 8.50. The van der Waals surface area contributed by atoms with E-state index in [-0.39, 0.29) is 24.1 Å². The molecule has 6 heteroatoms. The molecule has 1 rings (SSSR count). The summed E-state index contributed by atoms with van der Waals surface area (Å²) in [6.45, 7) is 12.1. The van der Waals surface area contributed by atoms with Crippen molar-refractivity contribution in [2.45, 2.75) is 265 Å². The molecule has 0 aliphatic rings. The van der Waals surface area contributed by atoms with Crippen LogP contribution in [0.5, 0.6) is 5.75 Å². The van der Waals surface area contributed by atoms with Gasteiger partial charge in [-0.05, 0) is 101 Å². The van der Waals surface area contributed by atoms with E-state index in [1.165, 1.54) is 160 Å². The molecule has 0 fully saturated rings. The summed E-state index contributed by atoms with van der Waals surface area (Å²) in [5, 5.41) is 0. The number of hydrogen-bond donors (Lipinski definition) is 0. The molecule has 0 aromatic heterocycles. The zero-order valence-electron chi connectivity index (χ0n) is 39.1. The third-order valence-electron chi connectivity index (χ3n) is 12.0. The molecule has 338 valence electrons. The van der Waals surface area contributed by atoms with Gasteiger partial charge in [-0.1, -0.05) is 175 Å². The molecule has 1 atom stereocenters. The van der Waals surface area contributed by atoms with E-state index in [4.69, 9.17) is 14.2 Å². The monoisotopic (exact) mass is 814 g/mol. The van der Waals surface area contributed by atoms with Crippen molar-refractivity contribution in [2.75, 3.05) is 20.2 Å². The predicted molar refractivity (Wildman–Crippen MR) is 248 cm³/mol. The van der Waals surface area contributed by atoms with E-state index in [1.54, 1.807) is 7.11 Å². The van der Waals surface area contributed by atoms with Crippen molar-refractivity contribution >= 4 is 11.9 Å². The van der Waals surface area contributed by atoms with Crippen LogP contribution in [0, 0.1) is 0 Å². The minimum atomic E-state index is -0.00493. The lowest BCUT2D eigenvalue weighted by Gasteiger charge is -2.23. The lowest BCUT2D eigenvalue weighted by molar-refractivity contribution is -0.150. The third-order valence-corrected chi connectivity index (χ3v) is 12.0. The van der Waals surface area contributed by atoms with Crippen molar-refractivity contribution in [3.8, 4) is 5.75 Å². The molecule has 0 aliphatic heterocycles. The van der Waals surface area contributed by atoms with Gasteiger partial charge in [0.15, 0.2) is 0 Å². The molecule has 0 heterocycles. The molecule has 1 aromatic rings. The van der Waals surface area contributed by atoms with Crippen molar-refractivity contribution in [3.05, 3.63) is 29.8 Å². The van der Waals surface area contributed by atoms with Crippen LogP contribution < -0.4 is 4.74 Å². The Labute approximate surface area is 360 Å². The Hall–Kier alpha value is -2.08. The Balaban J connectivity index is 2.37. The first-order chi connectivity index (χ1) is 28.4. The number of ether oxygens (including phenoxy) is 3. The van der Waals surface area contributed by atoms with Gasteiger partial charge in [0.25, 0.3) is 0 Å². The number of benzene rings is 1. The summed E-state index contributed by atoms with van der Waals surface area (Å²) in [5.74, 6) is 0.920. The second-order valence-corrected chi connectivity index (χ2v) is 17.5. The van der Waals surface area contributed by atoms with Gasteiger partial charge >= 0.3 is 11.9 Å². The lowest BCUT2D eigenvalue weighted by atomic mass is 10.0. The number of nitrogens with zero attached hydrogens (tertiary/aromatic N) is 1. The Morgan fingerprint density at radius 3 is 1.24 bits per heavy atom. The van der Waals surface area contributed by atoms with Crippen LogP contribution in [0.15, 0.2) is 24.3 Å². The standard InChI is InChI=1S/C52H95NO5/c1-6-10-13-16-21-28-35-48(9-4)57-51(54)38-31-24-19-26-33-44-53(46-47-40-42-49(56-5)43-41-47)45-34-27-20-25-32-39-52(55)58-50(36-29-22-17-14-11-7-2)37-30-23-18-15-12-8-3/h40-43,48,50H,6-39,44-46H2,1-5H3. The first-order valence-electron chi connectivity index (χ1n) is 25.2. The highest BCUT2D eigenvalue weighted by atomic mass is 16.5. The number of carbonyl (C=O) groups is 2. The number of carbonyl (C=O) groups excluding carboxylic acids is 2. The minimum absolute atomic E-state index is 0.00493. The van der Waals surface area contributed by atoms with Crippen LogP contribution in [0.1, 0.15) is 252 Å². The fourth-order valence-corrected chi connectivity index (χ4v) is 8.08. The largest absolute Gasteiger partial charge is 0.497 e. The Bertz CT molecular complexity index is 1030. The molecule has 0 spiro atoms. The summed E-state index contributed by atoms with van der Waals surface area (Å²) in [7, 11) is 1.72. The van der Waals surface area contributed by atoms with E-state index in [9.17, 15) is 9.59 Å². The Morgan fingerprint density at radius 1 is 0.466 bits per heavy atom. The summed E-state index contributed by atoms with van der Waals surface area (Å²) in [5.41, 5.74) is 1.32. The van der Waals surface area contributed by atoms with Crippen LogP contribution in [0.4, 0.5) is 0 Å². The SMILES string of the molecule is CCCCCCCCC(CC)OC(=O)CCCCCCCN(CCCCCCCC(=O)OC(CCCCCCCC)CCCCCCCC)Cc1ccc(OC)cc1. The van der Waals surface area contributed by atoms with Gasteiger partial charge < -0.3 is 14.2 Å². The normalized spacial score (nSPS) is 12.1. The highest BCUT2D eigenvalue weighted by Gasteiger charge is 2.15. The zero-order valence-corrected chi connectivity index (χ0v) is 39.1. The molecule has 1 unspecified atom stereocenters. The predicted octanol–water partition coefficient (Wildman–Crippen LogP) is 15.7. The number of hydrogen-bond acceptors (Lipinski definition) is 6. The average molecular weight is 814 g/mol. The van der Waals surface area contributed by atoms with Crippen LogP contribution >= 0.6 is 0 Å². The molecule has 6 nitrogen and oxygen atoms in total. The smallest absolute Gasteiger partial charge is 0.306 e. The van der Waals surface area contributed by atoms with Crippen molar-refractivity contribution < 1.29 is 23.8 Å². The van der Waals surface area contributed by atoms with E-state index in [2.05, 4.69) is 56.9 Å². The molecule has 0 N–H and O–H groups in total. The molecule has 0 radical (unpaired) electrons. The van der Waals surface area contributed by atoms with Gasteiger partial charge in [0.05, 0.1) is 7.11 Å². The Kier molecular flexibility index (Phi) is 37.5. The maximum atomic E-state index is 12.9. The molecular formula is C52H95NO5. The molecular weight excluding hydrogens is 719 g/mol. The maximum absolute atomic E-state index is 12.9. The molecule has 0 amide bonds. The number of unbranched alkanes of at least 4 members (excludes halogenated alkanes) is 23. The van der Waals surface area contributed by atoms with Gasteiger partial charge in [0.2, 0.25) is 0 Å². The van der Waals surface area contributed by atoms with E-state index in [0.717, 1.165) is 76.8 Å². The van der Waals surface area contributed by atoms with Gasteiger partial charge in [0.1, 0.15) is 18.0 Å². The highest BCUT2D eigenvalue weighted by molar-refractivity contribution is 5.69. The first kappa shape index (κ1) is 53.9. The first-order valence-corrected chi connectivity index (χ1v) is 25.2. The fraction of sp³-hybridized carbons (Fsp3) is 0.846. The Morgan fingerprint density at radius 2 is 0.828 bits per heavy atom. The van der Waals surface area contributed by atoms with Gasteiger partial charge in [-0.2, -0.15) is 0 Å². The summed E-state index contributed by atoms with van der Waals surface area (Å²) >= 11 is 0. The van der Waals surface area contributed by atoms with Crippen molar-refractivity contribution in [2.24, 2.45) is 0 Å². The van der Waals surface area contributed by atoms with Gasteiger partial charge in [-0.3, -0.25) is 14.5 Å². The van der Waals surface area contributed by atoms with Crippen LogP contribution in [0.3, 0.4) is 0 Å². The number of rotatable bonds is 43. The van der Waals surface area contributed by atoms with Crippen LogP contribution in [-0.2, 0) is 25.6 Å². The van der Waals surface area contributed by atoms with Gasteiger partial charge in [0, 0.05) is 19.4 Å². The van der Waals surface area contributed by atoms with Crippen molar-refractivity contribution in [1.82, 2.24) is 4.90 Å². The van der Waals surface area contributed by atoms with E-state index in [1.807, 2.05) is 0 Å². The number of esters is 2. The zero-order chi connectivity index (χ0) is 42.2. The maximum Gasteiger partial charge on any atom is 0.306 e. The molecule has 0 saturated carbocycles. The van der Waals surface area contributed by atoms with Crippen LogP contribution in [-0.4, -0.2) is 49.2 Å². The highest BCUT2D eigenvalue weighted by Crippen LogP contribution is 2.20. The molecule has 0 bridgehead atoms. The van der Waals surface area contributed by atoms with Crippen molar-refractivity contribution in [3.63, 3.8) is 0 Å². The fourth-order valence-electron chi connectivity index (χ4n) is 8.08. The van der Waals surface area contributed by atoms with E-state index in [0.29, 0.717) is 12.8 Å². The van der Waals surface area contributed by atoms with E-state index < -0.39 is 0 Å². The summed E-state index contributed by atoms with van der Waals surface area (Å²) < 4.78 is 17.3. The van der Waals surface area contributed by atoms with Crippen LogP contribution in [0.25, 0.3) is 0 Å².